The molecule has 0 aromatic heterocycles. The molecule has 0 atom stereocenters. The molecule has 4 rings (SSSR count). The summed E-state index contributed by atoms with van der Waals surface area (Å²) in [7, 11) is 0. The van der Waals surface area contributed by atoms with Crippen molar-refractivity contribution in [2.24, 2.45) is 5.10 Å². The Morgan fingerprint density at radius 2 is 1.82 bits per heavy atom. The van der Waals surface area contributed by atoms with E-state index in [1.165, 1.54) is 24.8 Å². The van der Waals surface area contributed by atoms with Gasteiger partial charge in [0.1, 0.15) is 5.82 Å². The van der Waals surface area contributed by atoms with Crippen LogP contribution in [-0.2, 0) is 5.75 Å². The topological polar surface area (TPSA) is 94.0 Å². The monoisotopic (exact) mass is 534 g/mol. The van der Waals surface area contributed by atoms with Crippen molar-refractivity contribution < 1.29 is 19.1 Å². The van der Waals surface area contributed by atoms with Crippen LogP contribution in [0.4, 0.5) is 15.8 Å². The number of anilines is 2. The van der Waals surface area contributed by atoms with E-state index in [4.69, 9.17) is 5.11 Å². The van der Waals surface area contributed by atoms with Crippen LogP contribution >= 0.6 is 11.8 Å². The molecule has 3 aromatic carbocycles. The fourth-order valence-corrected chi connectivity index (χ4v) is 4.93. The normalized spacial score (nSPS) is 13.5. The maximum absolute atomic E-state index is 13.5. The Hall–Kier alpha value is -3.69. The zero-order chi connectivity index (χ0) is 26.7. The molecule has 0 spiro atoms. The van der Waals surface area contributed by atoms with Crippen molar-refractivity contribution in [2.75, 3.05) is 35.7 Å². The first kappa shape index (κ1) is 27.3. The van der Waals surface area contributed by atoms with E-state index in [2.05, 4.69) is 20.7 Å². The number of rotatable bonds is 10. The van der Waals surface area contributed by atoms with E-state index >= 15 is 0 Å². The summed E-state index contributed by atoms with van der Waals surface area (Å²) in [6.07, 6.45) is 4.73. The lowest BCUT2D eigenvalue weighted by atomic mass is 10.1. The lowest BCUT2D eigenvalue weighted by Gasteiger charge is -2.29. The molecule has 0 radical (unpaired) electrons. The van der Waals surface area contributed by atoms with E-state index in [0.29, 0.717) is 28.3 Å². The Bertz CT molecular complexity index is 1290. The minimum atomic E-state index is -0.485. The number of carbonyl (C=O) groups is 2. The summed E-state index contributed by atoms with van der Waals surface area (Å²) in [4.78, 5) is 28.5. The van der Waals surface area contributed by atoms with E-state index in [9.17, 15) is 14.0 Å². The Balaban J connectivity index is 1.54. The second-order valence-corrected chi connectivity index (χ2v) is 10.1. The van der Waals surface area contributed by atoms with Gasteiger partial charge < -0.3 is 15.3 Å². The van der Waals surface area contributed by atoms with Crippen molar-refractivity contribution in [3.63, 3.8) is 0 Å². The van der Waals surface area contributed by atoms with Gasteiger partial charge in [0.25, 0.3) is 11.8 Å². The van der Waals surface area contributed by atoms with E-state index < -0.39 is 11.7 Å². The molecule has 198 valence electrons. The molecule has 0 unspecified atom stereocenters. The third kappa shape index (κ3) is 7.66. The van der Waals surface area contributed by atoms with Gasteiger partial charge in [-0.1, -0.05) is 24.3 Å². The van der Waals surface area contributed by atoms with Gasteiger partial charge in [-0.25, -0.2) is 9.82 Å². The number of nitrogens with zero attached hydrogens (tertiary/aromatic N) is 2. The van der Waals surface area contributed by atoms with Crippen molar-refractivity contribution in [1.29, 1.82) is 0 Å². The minimum Gasteiger partial charge on any atom is -0.396 e. The highest BCUT2D eigenvalue weighted by atomic mass is 32.2. The number of carbonyl (C=O) groups excluding carboxylic acids is 2. The van der Waals surface area contributed by atoms with Crippen LogP contribution in [0.3, 0.4) is 0 Å². The predicted molar refractivity (Wildman–Crippen MR) is 152 cm³/mol. The number of hydrazone groups is 1. The van der Waals surface area contributed by atoms with Crippen LogP contribution in [0, 0.1) is 5.82 Å². The number of piperidine rings is 1. The number of hydrogen-bond donors (Lipinski definition) is 3. The molecule has 3 aromatic rings. The molecule has 1 fully saturated rings. The number of hydrogen-bond acceptors (Lipinski definition) is 6. The fourth-order valence-electron chi connectivity index (χ4n) is 4.24. The Morgan fingerprint density at radius 1 is 1.00 bits per heavy atom. The van der Waals surface area contributed by atoms with Gasteiger partial charge in [0.15, 0.2) is 0 Å². The van der Waals surface area contributed by atoms with Gasteiger partial charge in [0.05, 0.1) is 24.1 Å². The van der Waals surface area contributed by atoms with Crippen LogP contribution in [0.15, 0.2) is 71.8 Å². The van der Waals surface area contributed by atoms with Gasteiger partial charge in [-0.3, -0.25) is 9.59 Å². The summed E-state index contributed by atoms with van der Waals surface area (Å²) in [6, 6.07) is 18.6. The van der Waals surface area contributed by atoms with Gasteiger partial charge >= 0.3 is 0 Å². The standard InChI is InChI=1S/C29H31FN4O3S/c30-24-9-5-6-21(17-24)19-31-33-29(37)26-18-25(34-12-2-1-3-13-34)10-11-27(26)32-28(36)23-8-4-7-22(16-23)20-38-15-14-35/h4-11,16-19,35H,1-3,12-15,20H2,(H,32,36)(H,33,37). The van der Waals surface area contributed by atoms with Crippen molar-refractivity contribution in [1.82, 2.24) is 5.43 Å². The summed E-state index contributed by atoms with van der Waals surface area (Å²) >= 11 is 1.59. The van der Waals surface area contributed by atoms with Crippen LogP contribution in [-0.4, -0.2) is 48.6 Å². The lowest BCUT2D eigenvalue weighted by Crippen LogP contribution is -2.30. The van der Waals surface area contributed by atoms with Gasteiger partial charge in [-0.05, 0) is 72.9 Å². The first-order valence-corrected chi connectivity index (χ1v) is 13.8. The van der Waals surface area contributed by atoms with E-state index in [-0.39, 0.29) is 18.1 Å². The molecule has 7 nitrogen and oxygen atoms in total. The number of thioether (sulfide) groups is 1. The Labute approximate surface area is 226 Å². The Kier molecular flexibility index (Phi) is 9.89. The molecule has 1 aliphatic heterocycles. The number of benzene rings is 3. The highest BCUT2D eigenvalue weighted by Crippen LogP contribution is 2.27. The third-order valence-corrected chi connectivity index (χ3v) is 7.15. The zero-order valence-electron chi connectivity index (χ0n) is 21.0. The van der Waals surface area contributed by atoms with Gasteiger partial charge in [-0.2, -0.15) is 16.9 Å². The number of nitrogens with one attached hydrogen (secondary N) is 2. The summed E-state index contributed by atoms with van der Waals surface area (Å²) in [5, 5.41) is 15.9. The van der Waals surface area contributed by atoms with Crippen molar-refractivity contribution >= 4 is 41.2 Å². The molecule has 9 heteroatoms. The lowest BCUT2D eigenvalue weighted by molar-refractivity contribution is 0.0956. The number of halogens is 1. The van der Waals surface area contributed by atoms with E-state index in [0.717, 1.165) is 37.2 Å². The van der Waals surface area contributed by atoms with Crippen LogP contribution in [0.1, 0.15) is 51.1 Å². The second-order valence-electron chi connectivity index (χ2n) is 8.96. The molecule has 3 N–H and O–H groups in total. The molecule has 38 heavy (non-hydrogen) atoms. The quantitative estimate of drug-likeness (QED) is 0.192. The second kappa shape index (κ2) is 13.7. The molecular weight excluding hydrogens is 503 g/mol. The molecule has 1 aliphatic rings. The molecule has 0 aliphatic carbocycles. The van der Waals surface area contributed by atoms with Gasteiger partial charge in [-0.15, -0.1) is 0 Å². The van der Waals surface area contributed by atoms with Gasteiger partial charge in [0, 0.05) is 35.8 Å². The largest absolute Gasteiger partial charge is 0.396 e. The van der Waals surface area contributed by atoms with Crippen LogP contribution in [0.2, 0.25) is 0 Å². The van der Waals surface area contributed by atoms with Crippen LogP contribution in [0.5, 0.6) is 0 Å². The smallest absolute Gasteiger partial charge is 0.273 e. The average molecular weight is 535 g/mol. The summed E-state index contributed by atoms with van der Waals surface area (Å²) in [5.41, 5.74) is 6.03. The molecule has 0 bridgehead atoms. The fraction of sp³-hybridized carbons (Fsp3) is 0.276. The van der Waals surface area contributed by atoms with Crippen LogP contribution in [0.25, 0.3) is 0 Å². The van der Waals surface area contributed by atoms with E-state index in [1.807, 2.05) is 24.3 Å². The number of aliphatic hydroxyl groups excluding tert-OH is 1. The maximum atomic E-state index is 13.5. The van der Waals surface area contributed by atoms with Crippen molar-refractivity contribution in [3.05, 3.63) is 94.8 Å². The summed E-state index contributed by atoms with van der Waals surface area (Å²) in [5.74, 6) is 0.0990. The van der Waals surface area contributed by atoms with E-state index in [1.54, 1.807) is 42.1 Å². The molecule has 1 saturated heterocycles. The molecule has 1 heterocycles. The molecular formula is C29H31FN4O3S. The van der Waals surface area contributed by atoms with Crippen LogP contribution < -0.4 is 15.6 Å². The number of aliphatic hydroxyl groups is 1. The first-order chi connectivity index (χ1) is 18.5. The molecule has 2 amide bonds. The Morgan fingerprint density at radius 3 is 2.61 bits per heavy atom. The SMILES string of the molecule is O=C(Nc1ccc(N2CCCCC2)cc1C(=O)NN=Cc1cccc(F)c1)c1cccc(CSCCO)c1. The van der Waals surface area contributed by atoms with Crippen molar-refractivity contribution in [3.8, 4) is 0 Å². The first-order valence-electron chi connectivity index (χ1n) is 12.6. The minimum absolute atomic E-state index is 0.107. The summed E-state index contributed by atoms with van der Waals surface area (Å²) < 4.78 is 13.5. The maximum Gasteiger partial charge on any atom is 0.273 e. The number of amides is 2. The molecule has 0 saturated carbocycles. The average Bonchev–Trinajstić information content (AvgIpc) is 2.94. The van der Waals surface area contributed by atoms with Gasteiger partial charge in [0.2, 0.25) is 0 Å². The van der Waals surface area contributed by atoms with Crippen molar-refractivity contribution in [2.45, 2.75) is 25.0 Å². The highest BCUT2D eigenvalue weighted by Gasteiger charge is 2.18. The predicted octanol–water partition coefficient (Wildman–Crippen LogP) is 5.06. The third-order valence-electron chi connectivity index (χ3n) is 6.14. The zero-order valence-corrected chi connectivity index (χ0v) is 21.8. The summed E-state index contributed by atoms with van der Waals surface area (Å²) in [6.45, 7) is 1.92. The highest BCUT2D eigenvalue weighted by molar-refractivity contribution is 7.98.